The van der Waals surface area contributed by atoms with Crippen molar-refractivity contribution in [3.05, 3.63) is 30.1 Å². The molecule has 0 bridgehead atoms. The van der Waals surface area contributed by atoms with Gasteiger partial charge in [0.25, 0.3) is 0 Å². The Morgan fingerprint density at radius 3 is 3.15 bits per heavy atom. The van der Waals surface area contributed by atoms with Gasteiger partial charge in [0.05, 0.1) is 6.04 Å². The second-order valence-electron chi connectivity index (χ2n) is 5.69. The SMILES string of the molecule is CCCC(C)CC(=O)N1CCNCC1c1cccnc1. The number of aromatic nitrogens is 1. The Morgan fingerprint density at radius 1 is 1.60 bits per heavy atom. The van der Waals surface area contributed by atoms with Crippen LogP contribution in [0.4, 0.5) is 0 Å². The molecule has 110 valence electrons. The van der Waals surface area contributed by atoms with Crippen LogP contribution in [0.25, 0.3) is 0 Å². The first-order valence-electron chi connectivity index (χ1n) is 7.62. The quantitative estimate of drug-likeness (QED) is 0.897. The molecule has 1 aliphatic heterocycles. The number of amides is 1. The number of rotatable bonds is 5. The van der Waals surface area contributed by atoms with Gasteiger partial charge in [-0.05, 0) is 17.5 Å². The van der Waals surface area contributed by atoms with Gasteiger partial charge in [0.15, 0.2) is 0 Å². The van der Waals surface area contributed by atoms with E-state index in [1.165, 1.54) is 0 Å². The van der Waals surface area contributed by atoms with E-state index in [-0.39, 0.29) is 11.9 Å². The van der Waals surface area contributed by atoms with Crippen LogP contribution in [0.5, 0.6) is 0 Å². The zero-order valence-corrected chi connectivity index (χ0v) is 12.5. The summed E-state index contributed by atoms with van der Waals surface area (Å²) < 4.78 is 0. The average Bonchev–Trinajstić information content (AvgIpc) is 2.48. The van der Waals surface area contributed by atoms with Crippen LogP contribution >= 0.6 is 0 Å². The lowest BCUT2D eigenvalue weighted by molar-refractivity contribution is -0.135. The van der Waals surface area contributed by atoms with Gasteiger partial charge in [-0.1, -0.05) is 32.8 Å². The van der Waals surface area contributed by atoms with Crippen molar-refractivity contribution in [2.45, 2.75) is 39.2 Å². The molecule has 4 heteroatoms. The summed E-state index contributed by atoms with van der Waals surface area (Å²) in [5, 5.41) is 3.37. The highest BCUT2D eigenvalue weighted by atomic mass is 16.2. The fourth-order valence-corrected chi connectivity index (χ4v) is 2.88. The first kappa shape index (κ1) is 15.0. The van der Waals surface area contributed by atoms with Crippen LogP contribution in [-0.4, -0.2) is 35.4 Å². The highest BCUT2D eigenvalue weighted by Gasteiger charge is 2.28. The summed E-state index contributed by atoms with van der Waals surface area (Å²) in [5.41, 5.74) is 1.12. The Morgan fingerprint density at radius 2 is 2.45 bits per heavy atom. The number of piperazine rings is 1. The van der Waals surface area contributed by atoms with Gasteiger partial charge in [-0.25, -0.2) is 0 Å². The standard InChI is InChI=1S/C16H25N3O/c1-3-5-13(2)10-16(20)19-9-8-18-12-15(19)14-6-4-7-17-11-14/h4,6-7,11,13,15,18H,3,5,8-10,12H2,1-2H3. The molecule has 2 rings (SSSR count). The smallest absolute Gasteiger partial charge is 0.223 e. The van der Waals surface area contributed by atoms with Gasteiger partial charge in [-0.3, -0.25) is 9.78 Å². The summed E-state index contributed by atoms with van der Waals surface area (Å²) in [4.78, 5) is 18.8. The molecule has 1 fully saturated rings. The van der Waals surface area contributed by atoms with E-state index < -0.39 is 0 Å². The molecule has 4 nitrogen and oxygen atoms in total. The number of carbonyl (C=O) groups is 1. The van der Waals surface area contributed by atoms with Crippen molar-refractivity contribution in [3.8, 4) is 0 Å². The Bertz CT molecular complexity index is 421. The lowest BCUT2D eigenvalue weighted by Gasteiger charge is -2.37. The molecule has 0 saturated carbocycles. The van der Waals surface area contributed by atoms with Crippen molar-refractivity contribution in [3.63, 3.8) is 0 Å². The topological polar surface area (TPSA) is 45.2 Å². The third kappa shape index (κ3) is 3.79. The van der Waals surface area contributed by atoms with Crippen molar-refractivity contribution < 1.29 is 4.79 Å². The van der Waals surface area contributed by atoms with E-state index in [0.29, 0.717) is 12.3 Å². The van der Waals surface area contributed by atoms with Gasteiger partial charge in [0.2, 0.25) is 5.91 Å². The Kier molecular flexibility index (Phi) is 5.53. The van der Waals surface area contributed by atoms with Crippen LogP contribution < -0.4 is 5.32 Å². The zero-order chi connectivity index (χ0) is 14.4. The average molecular weight is 275 g/mol. The van der Waals surface area contributed by atoms with Crippen LogP contribution in [0.1, 0.15) is 44.7 Å². The van der Waals surface area contributed by atoms with Crippen LogP contribution in [-0.2, 0) is 4.79 Å². The maximum atomic E-state index is 12.5. The van der Waals surface area contributed by atoms with Crippen molar-refractivity contribution in [2.75, 3.05) is 19.6 Å². The molecular weight excluding hydrogens is 250 g/mol. The number of carbonyl (C=O) groups excluding carboxylic acids is 1. The van der Waals surface area contributed by atoms with Gasteiger partial charge in [-0.2, -0.15) is 0 Å². The molecule has 1 N–H and O–H groups in total. The van der Waals surface area contributed by atoms with E-state index in [9.17, 15) is 4.79 Å². The Balaban J connectivity index is 2.05. The van der Waals surface area contributed by atoms with Crippen molar-refractivity contribution in [1.82, 2.24) is 15.2 Å². The molecule has 0 aromatic carbocycles. The first-order valence-corrected chi connectivity index (χ1v) is 7.62. The second kappa shape index (κ2) is 7.39. The highest BCUT2D eigenvalue weighted by molar-refractivity contribution is 5.77. The maximum Gasteiger partial charge on any atom is 0.223 e. The number of nitrogens with one attached hydrogen (secondary N) is 1. The van der Waals surface area contributed by atoms with E-state index in [4.69, 9.17) is 0 Å². The number of hydrogen-bond acceptors (Lipinski definition) is 3. The van der Waals surface area contributed by atoms with E-state index in [0.717, 1.165) is 38.0 Å². The van der Waals surface area contributed by atoms with Crippen LogP contribution in [0.2, 0.25) is 0 Å². The number of pyridine rings is 1. The zero-order valence-electron chi connectivity index (χ0n) is 12.5. The normalized spacial score (nSPS) is 20.7. The van der Waals surface area contributed by atoms with Gasteiger partial charge in [0.1, 0.15) is 0 Å². The predicted octanol–water partition coefficient (Wildman–Crippen LogP) is 2.38. The second-order valence-corrected chi connectivity index (χ2v) is 5.69. The molecule has 1 saturated heterocycles. The predicted molar refractivity (Wildman–Crippen MR) is 80.2 cm³/mol. The van der Waals surface area contributed by atoms with E-state index in [2.05, 4.69) is 30.2 Å². The van der Waals surface area contributed by atoms with Crippen molar-refractivity contribution in [1.29, 1.82) is 0 Å². The minimum absolute atomic E-state index is 0.124. The third-order valence-electron chi connectivity index (χ3n) is 3.94. The fourth-order valence-electron chi connectivity index (χ4n) is 2.88. The Labute approximate surface area is 121 Å². The number of nitrogens with zero attached hydrogens (tertiary/aromatic N) is 2. The van der Waals surface area contributed by atoms with Gasteiger partial charge >= 0.3 is 0 Å². The molecular formula is C16H25N3O. The third-order valence-corrected chi connectivity index (χ3v) is 3.94. The monoisotopic (exact) mass is 275 g/mol. The van der Waals surface area contributed by atoms with Crippen LogP contribution in [0.3, 0.4) is 0 Å². The van der Waals surface area contributed by atoms with Crippen molar-refractivity contribution in [2.24, 2.45) is 5.92 Å². The summed E-state index contributed by atoms with van der Waals surface area (Å²) in [6.45, 7) is 6.83. The molecule has 0 spiro atoms. The first-order chi connectivity index (χ1) is 9.72. The molecule has 1 aromatic heterocycles. The van der Waals surface area contributed by atoms with Gasteiger partial charge in [-0.15, -0.1) is 0 Å². The number of hydrogen-bond donors (Lipinski definition) is 1. The maximum absolute atomic E-state index is 12.5. The molecule has 2 heterocycles. The molecule has 0 aliphatic carbocycles. The molecule has 1 aliphatic rings. The van der Waals surface area contributed by atoms with Crippen LogP contribution in [0.15, 0.2) is 24.5 Å². The van der Waals surface area contributed by atoms with Gasteiger partial charge in [0, 0.05) is 38.4 Å². The summed E-state index contributed by atoms with van der Waals surface area (Å²) >= 11 is 0. The minimum Gasteiger partial charge on any atom is -0.333 e. The summed E-state index contributed by atoms with van der Waals surface area (Å²) in [7, 11) is 0. The summed E-state index contributed by atoms with van der Waals surface area (Å²) in [5.74, 6) is 0.748. The highest BCUT2D eigenvalue weighted by Crippen LogP contribution is 2.23. The molecule has 1 amide bonds. The molecule has 20 heavy (non-hydrogen) atoms. The summed E-state index contributed by atoms with van der Waals surface area (Å²) in [6, 6.07) is 4.12. The lowest BCUT2D eigenvalue weighted by Crippen LogP contribution is -2.49. The molecule has 1 aromatic rings. The minimum atomic E-state index is 0.124. The lowest BCUT2D eigenvalue weighted by atomic mass is 9.99. The largest absolute Gasteiger partial charge is 0.333 e. The van der Waals surface area contributed by atoms with E-state index in [1.54, 1.807) is 6.20 Å². The van der Waals surface area contributed by atoms with Gasteiger partial charge < -0.3 is 10.2 Å². The fraction of sp³-hybridized carbons (Fsp3) is 0.625. The van der Waals surface area contributed by atoms with Crippen molar-refractivity contribution >= 4 is 5.91 Å². The van der Waals surface area contributed by atoms with Crippen LogP contribution in [0, 0.1) is 5.92 Å². The molecule has 2 atom stereocenters. The summed E-state index contributed by atoms with van der Waals surface area (Å²) in [6.07, 6.45) is 6.56. The van der Waals surface area contributed by atoms with E-state index >= 15 is 0 Å². The molecule has 0 radical (unpaired) electrons. The van der Waals surface area contributed by atoms with E-state index in [1.807, 2.05) is 17.2 Å². The molecule has 2 unspecified atom stereocenters. The Hall–Kier alpha value is -1.42.